The summed E-state index contributed by atoms with van der Waals surface area (Å²) in [6.45, 7) is 1.11. The fourth-order valence-corrected chi connectivity index (χ4v) is 5.93. The number of nitrogens with zero attached hydrogens (tertiary/aromatic N) is 2. The molecule has 2 heterocycles. The van der Waals surface area contributed by atoms with Crippen LogP contribution < -0.4 is 10.0 Å². The molecule has 0 saturated carbocycles. The van der Waals surface area contributed by atoms with Crippen LogP contribution in [0.5, 0.6) is 0 Å². The van der Waals surface area contributed by atoms with E-state index in [-0.39, 0.29) is 28.6 Å². The number of hydrogen-bond acceptors (Lipinski definition) is 6. The number of carboxylic acid groups (broad SMARTS) is 1. The van der Waals surface area contributed by atoms with E-state index in [9.17, 15) is 31.2 Å². The average Bonchev–Trinajstić information content (AvgIpc) is 3.35. The minimum Gasteiger partial charge on any atom is -0.480 e. The third-order valence-corrected chi connectivity index (χ3v) is 8.21. The van der Waals surface area contributed by atoms with Crippen LogP contribution in [0.3, 0.4) is 0 Å². The Labute approximate surface area is 245 Å². The Kier molecular flexibility index (Phi) is 8.70. The van der Waals surface area contributed by atoms with E-state index in [1.807, 2.05) is 6.92 Å². The largest absolute Gasteiger partial charge is 0.516 e. The van der Waals surface area contributed by atoms with E-state index in [2.05, 4.69) is 26.2 Å². The van der Waals surface area contributed by atoms with Gasteiger partial charge in [-0.25, -0.2) is 4.98 Å². The monoisotopic (exact) mass is 676 g/mol. The SMILES string of the molecule is CCCc1nc(Cl)c(C(=O)NCC(=O)O)n1Cc1c2ccocc-2c(Br)c1-c1ccccc1NS(=O)(=O)C(F)(F)F. The molecule has 0 atom stereocenters. The number of halogens is 5. The van der Waals surface area contributed by atoms with Crippen molar-refractivity contribution in [3.05, 3.63) is 69.6 Å². The van der Waals surface area contributed by atoms with E-state index in [1.54, 1.807) is 10.8 Å². The van der Waals surface area contributed by atoms with E-state index in [1.165, 1.54) is 41.4 Å². The lowest BCUT2D eigenvalue weighted by Gasteiger charge is -2.17. The number of fused-ring (bicyclic) bond motifs is 1. The number of benzene rings is 1. The van der Waals surface area contributed by atoms with Crippen molar-refractivity contribution in [2.75, 3.05) is 11.3 Å². The van der Waals surface area contributed by atoms with Gasteiger partial charge >= 0.3 is 21.5 Å². The lowest BCUT2D eigenvalue weighted by molar-refractivity contribution is -0.135. The van der Waals surface area contributed by atoms with Crippen LogP contribution in [0.1, 0.15) is 35.2 Å². The summed E-state index contributed by atoms with van der Waals surface area (Å²) in [5.74, 6) is -1.66. The summed E-state index contributed by atoms with van der Waals surface area (Å²) in [6.07, 6.45) is 3.79. The van der Waals surface area contributed by atoms with Gasteiger partial charge in [0.2, 0.25) is 0 Å². The molecular formula is C25H21BrClF3N4O6S. The van der Waals surface area contributed by atoms with Crippen molar-refractivity contribution in [3.8, 4) is 22.3 Å². The topological polar surface area (TPSA) is 144 Å². The summed E-state index contributed by atoms with van der Waals surface area (Å²) >= 11 is 9.83. The number of aryl methyl sites for hydroxylation is 1. The zero-order valence-electron chi connectivity index (χ0n) is 21.1. The maximum Gasteiger partial charge on any atom is 0.516 e. The smallest absolute Gasteiger partial charge is 0.480 e. The molecule has 2 aromatic rings. The molecular weight excluding hydrogens is 657 g/mol. The molecule has 1 amide bonds. The van der Waals surface area contributed by atoms with Gasteiger partial charge < -0.3 is 19.4 Å². The highest BCUT2D eigenvalue weighted by Crippen LogP contribution is 2.48. The van der Waals surface area contributed by atoms with Gasteiger partial charge in [-0.1, -0.05) is 36.7 Å². The fraction of sp³-hybridized carbons (Fsp3) is 0.240. The summed E-state index contributed by atoms with van der Waals surface area (Å²) in [6, 6.07) is 7.16. The second-order valence-corrected chi connectivity index (χ2v) is 11.6. The summed E-state index contributed by atoms with van der Waals surface area (Å²) in [4.78, 5) is 28.3. The normalized spacial score (nSPS) is 12.0. The van der Waals surface area contributed by atoms with Gasteiger partial charge in [-0.15, -0.1) is 0 Å². The highest BCUT2D eigenvalue weighted by molar-refractivity contribution is 9.10. The average molecular weight is 678 g/mol. The van der Waals surface area contributed by atoms with Gasteiger partial charge in [-0.2, -0.15) is 21.6 Å². The Morgan fingerprint density at radius 1 is 1.17 bits per heavy atom. The van der Waals surface area contributed by atoms with Crippen molar-refractivity contribution in [3.63, 3.8) is 0 Å². The van der Waals surface area contributed by atoms with Gasteiger partial charge in [0.1, 0.15) is 18.1 Å². The highest BCUT2D eigenvalue weighted by atomic mass is 79.9. The number of para-hydroxylation sites is 1. The molecule has 1 aromatic heterocycles. The lowest BCUT2D eigenvalue weighted by atomic mass is 10.0. The Hall–Kier alpha value is -3.56. The minimum absolute atomic E-state index is 0.0906. The number of carboxylic acids is 1. The highest BCUT2D eigenvalue weighted by Gasteiger charge is 2.46. The fourth-order valence-electron chi connectivity index (χ4n) is 4.31. The number of sulfonamides is 1. The molecule has 0 spiro atoms. The summed E-state index contributed by atoms with van der Waals surface area (Å²) < 4.78 is 72.6. The quantitative estimate of drug-likeness (QED) is 0.194. The number of anilines is 1. The number of rotatable bonds is 10. The van der Waals surface area contributed by atoms with Crippen LogP contribution in [0, 0.1) is 0 Å². The molecule has 1 aromatic carbocycles. The third kappa shape index (κ3) is 6.06. The van der Waals surface area contributed by atoms with E-state index in [4.69, 9.17) is 21.1 Å². The lowest BCUT2D eigenvalue weighted by Crippen LogP contribution is -2.31. The summed E-state index contributed by atoms with van der Waals surface area (Å²) in [7, 11) is -5.76. The van der Waals surface area contributed by atoms with Gasteiger partial charge in [-0.05, 0) is 45.6 Å². The van der Waals surface area contributed by atoms with Crippen LogP contribution in [-0.2, 0) is 27.8 Å². The van der Waals surface area contributed by atoms with Crippen LogP contribution in [-0.4, -0.2) is 47.0 Å². The van der Waals surface area contributed by atoms with Gasteiger partial charge in [0.25, 0.3) is 5.91 Å². The zero-order valence-corrected chi connectivity index (χ0v) is 24.2. The Morgan fingerprint density at radius 2 is 1.88 bits per heavy atom. The summed E-state index contributed by atoms with van der Waals surface area (Å²) in [5, 5.41) is 11.1. The molecule has 0 fully saturated rings. The molecule has 0 radical (unpaired) electrons. The van der Waals surface area contributed by atoms with Crippen molar-refractivity contribution in [1.82, 2.24) is 14.9 Å². The number of alkyl halides is 3. The van der Waals surface area contributed by atoms with Gasteiger partial charge in [0, 0.05) is 27.6 Å². The molecule has 41 heavy (non-hydrogen) atoms. The van der Waals surface area contributed by atoms with E-state index >= 15 is 0 Å². The van der Waals surface area contributed by atoms with Gasteiger partial charge in [0.15, 0.2) is 5.15 Å². The van der Waals surface area contributed by atoms with E-state index < -0.39 is 34.0 Å². The molecule has 218 valence electrons. The standard InChI is InChI=1S/C25H21BrClF3N4O6S/c1-2-5-18-32-23(27)22(24(37)31-10-19(35)36)34(18)11-15-13-8-9-40-12-16(13)21(26)20(15)14-6-3-4-7-17(14)33-41(38,39)25(28,29)30/h3-4,6-9,12,33H,2,5,10-11H2,1H3,(H,31,37)(H,35,36). The van der Waals surface area contributed by atoms with Crippen LogP contribution in [0.25, 0.3) is 22.3 Å². The van der Waals surface area contributed by atoms with E-state index in [0.29, 0.717) is 45.4 Å². The second kappa shape index (κ2) is 11.7. The predicted octanol–water partition coefficient (Wildman–Crippen LogP) is 5.74. The van der Waals surface area contributed by atoms with Crippen molar-refractivity contribution < 1.29 is 40.7 Å². The predicted molar refractivity (Wildman–Crippen MR) is 147 cm³/mol. The molecule has 0 bridgehead atoms. The van der Waals surface area contributed by atoms with Gasteiger partial charge in [0.05, 0.1) is 24.8 Å². The van der Waals surface area contributed by atoms with E-state index in [0.717, 1.165) is 0 Å². The first-order valence-electron chi connectivity index (χ1n) is 11.9. The third-order valence-electron chi connectivity index (χ3n) is 6.03. The van der Waals surface area contributed by atoms with Crippen molar-refractivity contribution in [2.24, 2.45) is 0 Å². The van der Waals surface area contributed by atoms with Crippen LogP contribution >= 0.6 is 27.5 Å². The Morgan fingerprint density at radius 3 is 2.54 bits per heavy atom. The molecule has 1 aliphatic heterocycles. The molecule has 16 heteroatoms. The first-order valence-corrected chi connectivity index (χ1v) is 14.5. The van der Waals surface area contributed by atoms with Crippen LogP contribution in [0.4, 0.5) is 18.9 Å². The first-order chi connectivity index (χ1) is 19.3. The van der Waals surface area contributed by atoms with Crippen molar-refractivity contribution in [2.45, 2.75) is 31.8 Å². The second-order valence-electron chi connectivity index (χ2n) is 8.73. The molecule has 2 aliphatic rings. The number of carbonyl (C=O) groups excluding carboxylic acids is 1. The first kappa shape index (κ1) is 30.4. The molecule has 3 N–H and O–H groups in total. The van der Waals surface area contributed by atoms with Crippen molar-refractivity contribution in [1.29, 1.82) is 0 Å². The number of hydrogen-bond donors (Lipinski definition) is 3. The van der Waals surface area contributed by atoms with Crippen LogP contribution in [0.15, 0.2) is 51.7 Å². The number of aromatic nitrogens is 2. The maximum absolute atomic E-state index is 13.2. The Bertz CT molecular complexity index is 1700. The maximum atomic E-state index is 13.2. The van der Waals surface area contributed by atoms with Crippen molar-refractivity contribution >= 4 is 55.1 Å². The molecule has 0 unspecified atom stereocenters. The number of imidazole rings is 1. The number of nitrogens with one attached hydrogen (secondary N) is 2. The molecule has 4 rings (SSSR count). The molecule has 10 nitrogen and oxygen atoms in total. The molecule has 1 aliphatic carbocycles. The summed E-state index contributed by atoms with van der Waals surface area (Å²) in [5.41, 5.74) is -4.00. The zero-order chi connectivity index (χ0) is 30.1. The number of carbonyl (C=O) groups is 2. The van der Waals surface area contributed by atoms with Crippen LogP contribution in [0.2, 0.25) is 5.15 Å². The van der Waals surface area contributed by atoms with Gasteiger partial charge in [-0.3, -0.25) is 14.3 Å². The number of amides is 1. The molecule has 0 saturated heterocycles. The Balaban J connectivity index is 1.94. The number of aliphatic carboxylic acids is 1. The minimum atomic E-state index is -5.76.